The summed E-state index contributed by atoms with van der Waals surface area (Å²) in [4.78, 5) is 22.5. The van der Waals surface area contributed by atoms with Gasteiger partial charge in [0.1, 0.15) is 0 Å². The van der Waals surface area contributed by atoms with Crippen LogP contribution in [0, 0.1) is 0 Å². The molecule has 0 radical (unpaired) electrons. The van der Waals surface area contributed by atoms with Crippen LogP contribution in [0.1, 0.15) is 19.8 Å². The molecule has 1 unspecified atom stereocenters. The Balaban J connectivity index is 2.33. The molecule has 0 spiro atoms. The molecule has 1 rings (SSSR count). The van der Waals surface area contributed by atoms with E-state index in [0.717, 1.165) is 12.2 Å². The van der Waals surface area contributed by atoms with E-state index in [9.17, 15) is 9.59 Å². The van der Waals surface area contributed by atoms with Crippen molar-refractivity contribution in [3.05, 3.63) is 0 Å². The zero-order chi connectivity index (χ0) is 12.5. The zero-order valence-corrected chi connectivity index (χ0v) is 11.6. The number of carbonyl (C=O) groups excluding carboxylic acids is 2. The lowest BCUT2D eigenvalue weighted by molar-refractivity contribution is -0.142. The standard InChI is InChI=1S/C11H18O4S2/c1-9-3-6-16-7-10(12)14-4-2-5-15-11(13)8-17-9/h9H,2-8H2,1H3. The molecule has 1 fully saturated rings. The van der Waals surface area contributed by atoms with Crippen molar-refractivity contribution in [3.63, 3.8) is 0 Å². The maximum atomic E-state index is 11.3. The van der Waals surface area contributed by atoms with Gasteiger partial charge in [-0.1, -0.05) is 6.92 Å². The van der Waals surface area contributed by atoms with Crippen LogP contribution in [0.15, 0.2) is 0 Å². The predicted octanol–water partition coefficient (Wildman–Crippen LogP) is 1.72. The summed E-state index contributed by atoms with van der Waals surface area (Å²) < 4.78 is 10.0. The lowest BCUT2D eigenvalue weighted by Crippen LogP contribution is -2.15. The number of rotatable bonds is 0. The first-order valence-electron chi connectivity index (χ1n) is 5.69. The van der Waals surface area contributed by atoms with Crippen molar-refractivity contribution in [1.82, 2.24) is 0 Å². The number of hydrogen-bond donors (Lipinski definition) is 0. The molecule has 0 aromatic rings. The Morgan fingerprint density at radius 1 is 1.12 bits per heavy atom. The summed E-state index contributed by atoms with van der Waals surface area (Å²) in [5, 5.41) is 0.411. The topological polar surface area (TPSA) is 52.6 Å². The fraction of sp³-hybridized carbons (Fsp3) is 0.818. The fourth-order valence-electron chi connectivity index (χ4n) is 1.21. The average Bonchev–Trinajstić information content (AvgIpc) is 2.31. The summed E-state index contributed by atoms with van der Waals surface area (Å²) in [6.07, 6.45) is 1.55. The SMILES string of the molecule is CC1CCSCC(=O)OCCCOC(=O)CS1. The third-order valence-electron chi connectivity index (χ3n) is 2.19. The summed E-state index contributed by atoms with van der Waals surface area (Å²) in [6, 6.07) is 0. The number of esters is 2. The molecule has 0 aromatic carbocycles. The van der Waals surface area contributed by atoms with Gasteiger partial charge in [0.05, 0.1) is 24.7 Å². The van der Waals surface area contributed by atoms with Gasteiger partial charge < -0.3 is 9.47 Å². The van der Waals surface area contributed by atoms with E-state index in [1.165, 1.54) is 0 Å². The van der Waals surface area contributed by atoms with Gasteiger partial charge in [0, 0.05) is 11.7 Å². The van der Waals surface area contributed by atoms with Crippen LogP contribution >= 0.6 is 23.5 Å². The summed E-state index contributed by atoms with van der Waals surface area (Å²) >= 11 is 3.20. The fourth-order valence-corrected chi connectivity index (χ4v) is 3.06. The third kappa shape index (κ3) is 7.54. The van der Waals surface area contributed by atoms with Crippen molar-refractivity contribution in [2.24, 2.45) is 0 Å². The lowest BCUT2D eigenvalue weighted by Gasteiger charge is -2.12. The van der Waals surface area contributed by atoms with Gasteiger partial charge in [0.15, 0.2) is 0 Å². The highest BCUT2D eigenvalue weighted by Gasteiger charge is 2.10. The maximum Gasteiger partial charge on any atom is 0.315 e. The van der Waals surface area contributed by atoms with Gasteiger partial charge in [-0.3, -0.25) is 9.59 Å². The first kappa shape index (κ1) is 14.7. The Labute approximate surface area is 110 Å². The Morgan fingerprint density at radius 3 is 2.47 bits per heavy atom. The first-order chi connectivity index (χ1) is 8.18. The second-order valence-corrected chi connectivity index (χ2v) is 6.29. The van der Waals surface area contributed by atoms with Gasteiger partial charge >= 0.3 is 11.9 Å². The number of hydrogen-bond acceptors (Lipinski definition) is 6. The van der Waals surface area contributed by atoms with E-state index in [1.807, 2.05) is 0 Å². The van der Waals surface area contributed by atoms with E-state index < -0.39 is 0 Å². The highest BCUT2D eigenvalue weighted by molar-refractivity contribution is 8.01. The molecular formula is C11H18O4S2. The average molecular weight is 278 g/mol. The predicted molar refractivity (Wildman–Crippen MR) is 70.4 cm³/mol. The minimum absolute atomic E-state index is 0.182. The molecule has 17 heavy (non-hydrogen) atoms. The van der Waals surface area contributed by atoms with Crippen LogP contribution in [-0.4, -0.2) is 47.7 Å². The lowest BCUT2D eigenvalue weighted by atomic mass is 10.4. The molecule has 1 aliphatic heterocycles. The molecule has 1 atom stereocenters. The van der Waals surface area contributed by atoms with Gasteiger partial charge in [0.2, 0.25) is 0 Å². The van der Waals surface area contributed by atoms with E-state index in [1.54, 1.807) is 23.5 Å². The maximum absolute atomic E-state index is 11.3. The molecule has 4 nitrogen and oxygen atoms in total. The Hall–Kier alpha value is -0.360. The number of cyclic esters (lactones) is 2. The third-order valence-corrected chi connectivity index (χ3v) is 4.36. The minimum atomic E-state index is -0.183. The van der Waals surface area contributed by atoms with Crippen LogP contribution in [0.25, 0.3) is 0 Å². The van der Waals surface area contributed by atoms with E-state index in [4.69, 9.17) is 9.47 Å². The van der Waals surface area contributed by atoms with Crippen molar-refractivity contribution in [2.45, 2.75) is 25.0 Å². The van der Waals surface area contributed by atoms with Crippen molar-refractivity contribution >= 4 is 35.5 Å². The summed E-state index contributed by atoms with van der Waals surface area (Å²) in [6.45, 7) is 2.74. The molecule has 98 valence electrons. The van der Waals surface area contributed by atoms with E-state index in [2.05, 4.69) is 6.92 Å². The molecule has 0 amide bonds. The zero-order valence-electron chi connectivity index (χ0n) is 9.98. The van der Waals surface area contributed by atoms with Crippen LogP contribution in [0.2, 0.25) is 0 Å². The van der Waals surface area contributed by atoms with Crippen LogP contribution in [0.4, 0.5) is 0 Å². The molecule has 0 bridgehead atoms. The molecule has 6 heteroatoms. The molecule has 0 N–H and O–H groups in total. The Morgan fingerprint density at radius 2 is 1.76 bits per heavy atom. The minimum Gasteiger partial charge on any atom is -0.465 e. The summed E-state index contributed by atoms with van der Waals surface area (Å²) in [5.74, 6) is 1.37. The molecule has 0 aliphatic carbocycles. The van der Waals surface area contributed by atoms with Crippen molar-refractivity contribution in [2.75, 3.05) is 30.5 Å². The Bertz CT molecular complexity index is 258. The van der Waals surface area contributed by atoms with Gasteiger partial charge in [-0.15, -0.1) is 11.8 Å². The smallest absolute Gasteiger partial charge is 0.315 e. The van der Waals surface area contributed by atoms with Gasteiger partial charge in [-0.05, 0) is 12.2 Å². The van der Waals surface area contributed by atoms with Gasteiger partial charge in [-0.25, -0.2) is 0 Å². The van der Waals surface area contributed by atoms with Crippen LogP contribution in [-0.2, 0) is 19.1 Å². The molecule has 1 saturated heterocycles. The van der Waals surface area contributed by atoms with Crippen LogP contribution in [0.5, 0.6) is 0 Å². The normalized spacial score (nSPS) is 25.6. The number of thioether (sulfide) groups is 2. The van der Waals surface area contributed by atoms with Crippen molar-refractivity contribution < 1.29 is 19.1 Å². The van der Waals surface area contributed by atoms with E-state index >= 15 is 0 Å². The number of ether oxygens (including phenoxy) is 2. The molecular weight excluding hydrogens is 260 g/mol. The molecule has 0 saturated carbocycles. The highest BCUT2D eigenvalue weighted by Crippen LogP contribution is 2.17. The second-order valence-electron chi connectivity index (χ2n) is 3.76. The van der Waals surface area contributed by atoms with E-state index in [0.29, 0.717) is 36.4 Å². The quantitative estimate of drug-likeness (QED) is 0.629. The van der Waals surface area contributed by atoms with Crippen LogP contribution < -0.4 is 0 Å². The largest absolute Gasteiger partial charge is 0.465 e. The monoisotopic (exact) mass is 278 g/mol. The summed E-state index contributed by atoms with van der Waals surface area (Å²) in [5.41, 5.74) is 0. The van der Waals surface area contributed by atoms with Crippen molar-refractivity contribution in [1.29, 1.82) is 0 Å². The molecule has 1 heterocycles. The van der Waals surface area contributed by atoms with E-state index in [-0.39, 0.29) is 11.9 Å². The molecule has 1 aliphatic rings. The number of carbonyl (C=O) groups is 2. The first-order valence-corrected chi connectivity index (χ1v) is 7.89. The second kappa shape index (κ2) is 8.69. The van der Waals surface area contributed by atoms with Crippen molar-refractivity contribution in [3.8, 4) is 0 Å². The van der Waals surface area contributed by atoms with Gasteiger partial charge in [-0.2, -0.15) is 11.8 Å². The Kier molecular flexibility index (Phi) is 7.51. The van der Waals surface area contributed by atoms with Crippen LogP contribution in [0.3, 0.4) is 0 Å². The molecule has 0 aromatic heterocycles. The van der Waals surface area contributed by atoms with Gasteiger partial charge in [0.25, 0.3) is 0 Å². The highest BCUT2D eigenvalue weighted by atomic mass is 32.2. The summed E-state index contributed by atoms with van der Waals surface area (Å²) in [7, 11) is 0.